The van der Waals surface area contributed by atoms with Crippen LogP contribution in [0, 0.1) is 11.8 Å². The summed E-state index contributed by atoms with van der Waals surface area (Å²) < 4.78 is 5.20. The van der Waals surface area contributed by atoms with Gasteiger partial charge in [0.25, 0.3) is 0 Å². The van der Waals surface area contributed by atoms with E-state index in [-0.39, 0.29) is 0 Å². The fraction of sp³-hybridized carbons (Fsp3) is 0.647. The first kappa shape index (κ1) is 13.0. The van der Waals surface area contributed by atoms with Crippen molar-refractivity contribution in [2.45, 2.75) is 44.6 Å². The molecule has 0 bridgehead atoms. The minimum atomic E-state index is 0.744. The van der Waals surface area contributed by atoms with E-state index in [0.29, 0.717) is 0 Å². The molecule has 0 radical (unpaired) electrons. The summed E-state index contributed by atoms with van der Waals surface area (Å²) in [7, 11) is 1.72. The van der Waals surface area contributed by atoms with Crippen molar-refractivity contribution in [3.05, 3.63) is 29.8 Å². The molecule has 2 fully saturated rings. The summed E-state index contributed by atoms with van der Waals surface area (Å²) in [6, 6.07) is 9.32. The zero-order valence-corrected chi connectivity index (χ0v) is 12.1. The standard InChI is InChI=1S/C17H25NO/c1-12(13-3-4-13)11-18-16-9-15(10-16)14-5-7-17(19-2)8-6-14/h5-8,12-13,15-16,18H,3-4,9-11H2,1-2H3. The molecule has 19 heavy (non-hydrogen) atoms. The monoisotopic (exact) mass is 259 g/mol. The van der Waals surface area contributed by atoms with Crippen LogP contribution in [-0.2, 0) is 0 Å². The molecular weight excluding hydrogens is 234 g/mol. The second-order valence-electron chi connectivity index (χ2n) is 6.36. The first-order valence-corrected chi connectivity index (χ1v) is 7.63. The van der Waals surface area contributed by atoms with Crippen LogP contribution in [-0.4, -0.2) is 19.7 Å². The molecule has 2 heteroatoms. The van der Waals surface area contributed by atoms with Gasteiger partial charge in [0.05, 0.1) is 7.11 Å². The average molecular weight is 259 g/mol. The van der Waals surface area contributed by atoms with Crippen LogP contribution in [0.2, 0.25) is 0 Å². The Bertz CT molecular complexity index is 404. The highest BCUT2D eigenvalue weighted by atomic mass is 16.5. The predicted octanol–water partition coefficient (Wildman–Crippen LogP) is 3.58. The van der Waals surface area contributed by atoms with Gasteiger partial charge >= 0.3 is 0 Å². The van der Waals surface area contributed by atoms with E-state index in [0.717, 1.165) is 29.5 Å². The first-order chi connectivity index (χ1) is 9.26. The molecule has 0 aliphatic heterocycles. The number of nitrogens with one attached hydrogen (secondary N) is 1. The number of rotatable bonds is 6. The lowest BCUT2D eigenvalue weighted by molar-refractivity contribution is 0.273. The minimum absolute atomic E-state index is 0.744. The maximum Gasteiger partial charge on any atom is 0.118 e. The molecule has 3 rings (SSSR count). The van der Waals surface area contributed by atoms with Crippen LogP contribution in [0.4, 0.5) is 0 Å². The van der Waals surface area contributed by atoms with E-state index in [4.69, 9.17) is 4.74 Å². The maximum absolute atomic E-state index is 5.20. The summed E-state index contributed by atoms with van der Waals surface area (Å²) in [6.07, 6.45) is 5.51. The molecule has 0 amide bonds. The van der Waals surface area contributed by atoms with Crippen molar-refractivity contribution < 1.29 is 4.74 Å². The summed E-state index contributed by atoms with van der Waals surface area (Å²) in [5.74, 6) is 3.60. The summed E-state index contributed by atoms with van der Waals surface area (Å²) in [6.45, 7) is 3.61. The molecule has 1 aromatic rings. The highest BCUT2D eigenvalue weighted by molar-refractivity contribution is 5.30. The molecule has 1 unspecified atom stereocenters. The van der Waals surface area contributed by atoms with Gasteiger partial charge in [-0.05, 0) is 67.7 Å². The van der Waals surface area contributed by atoms with Gasteiger partial charge in [0.1, 0.15) is 5.75 Å². The van der Waals surface area contributed by atoms with E-state index in [1.807, 2.05) is 0 Å². The zero-order valence-electron chi connectivity index (χ0n) is 12.1. The normalized spacial score (nSPS) is 27.7. The van der Waals surface area contributed by atoms with Gasteiger partial charge in [-0.25, -0.2) is 0 Å². The third kappa shape index (κ3) is 3.11. The molecule has 2 saturated carbocycles. The van der Waals surface area contributed by atoms with E-state index < -0.39 is 0 Å². The predicted molar refractivity (Wildman–Crippen MR) is 78.6 cm³/mol. The van der Waals surface area contributed by atoms with Crippen LogP contribution in [0.3, 0.4) is 0 Å². The highest BCUT2D eigenvalue weighted by Gasteiger charge is 2.32. The SMILES string of the molecule is COc1ccc(C2CC(NCC(C)C3CC3)C2)cc1. The molecule has 2 nitrogen and oxygen atoms in total. The number of hydrogen-bond donors (Lipinski definition) is 1. The number of methoxy groups -OCH3 is 1. The van der Waals surface area contributed by atoms with Gasteiger partial charge < -0.3 is 10.1 Å². The van der Waals surface area contributed by atoms with Crippen molar-refractivity contribution in [1.82, 2.24) is 5.32 Å². The Labute approximate surface area is 116 Å². The van der Waals surface area contributed by atoms with Gasteiger partial charge in [-0.3, -0.25) is 0 Å². The van der Waals surface area contributed by atoms with Crippen molar-refractivity contribution >= 4 is 0 Å². The molecule has 1 aromatic carbocycles. The van der Waals surface area contributed by atoms with Gasteiger partial charge in [-0.15, -0.1) is 0 Å². The molecule has 2 aliphatic rings. The van der Waals surface area contributed by atoms with Gasteiger partial charge in [-0.1, -0.05) is 19.1 Å². The quantitative estimate of drug-likeness (QED) is 0.843. The summed E-state index contributed by atoms with van der Waals surface area (Å²) in [5.41, 5.74) is 1.47. The van der Waals surface area contributed by atoms with Crippen molar-refractivity contribution in [1.29, 1.82) is 0 Å². The fourth-order valence-corrected chi connectivity index (χ4v) is 3.12. The van der Waals surface area contributed by atoms with Crippen LogP contribution in [0.15, 0.2) is 24.3 Å². The molecule has 104 valence electrons. The Morgan fingerprint density at radius 2 is 1.89 bits per heavy atom. The van der Waals surface area contributed by atoms with Gasteiger partial charge in [-0.2, -0.15) is 0 Å². The lowest BCUT2D eigenvalue weighted by atomic mass is 9.75. The van der Waals surface area contributed by atoms with E-state index in [1.165, 1.54) is 37.8 Å². The molecule has 1 N–H and O–H groups in total. The summed E-state index contributed by atoms with van der Waals surface area (Å²) in [5, 5.41) is 3.74. The Morgan fingerprint density at radius 3 is 2.47 bits per heavy atom. The summed E-state index contributed by atoms with van der Waals surface area (Å²) in [4.78, 5) is 0. The van der Waals surface area contributed by atoms with Gasteiger partial charge in [0, 0.05) is 6.04 Å². The maximum atomic E-state index is 5.20. The molecule has 0 aromatic heterocycles. The lowest BCUT2D eigenvalue weighted by Crippen LogP contribution is -2.42. The van der Waals surface area contributed by atoms with Crippen LogP contribution >= 0.6 is 0 Å². The van der Waals surface area contributed by atoms with Gasteiger partial charge in [0.2, 0.25) is 0 Å². The molecule has 2 aliphatic carbocycles. The Hall–Kier alpha value is -1.02. The van der Waals surface area contributed by atoms with E-state index in [2.05, 4.69) is 36.5 Å². The topological polar surface area (TPSA) is 21.3 Å². The Morgan fingerprint density at radius 1 is 1.21 bits per heavy atom. The van der Waals surface area contributed by atoms with E-state index in [1.54, 1.807) is 7.11 Å². The third-order valence-corrected chi connectivity index (χ3v) is 4.88. The number of hydrogen-bond acceptors (Lipinski definition) is 2. The molecular formula is C17H25NO. The molecule has 0 spiro atoms. The fourth-order valence-electron chi connectivity index (χ4n) is 3.12. The second kappa shape index (κ2) is 5.54. The van der Waals surface area contributed by atoms with E-state index >= 15 is 0 Å². The Kier molecular flexibility index (Phi) is 3.79. The van der Waals surface area contributed by atoms with Crippen LogP contribution < -0.4 is 10.1 Å². The molecule has 1 atom stereocenters. The first-order valence-electron chi connectivity index (χ1n) is 7.63. The second-order valence-corrected chi connectivity index (χ2v) is 6.36. The average Bonchev–Trinajstić information content (AvgIpc) is 3.21. The number of ether oxygens (including phenoxy) is 1. The van der Waals surface area contributed by atoms with Crippen molar-refractivity contribution in [3.8, 4) is 5.75 Å². The highest BCUT2D eigenvalue weighted by Crippen LogP contribution is 2.39. The molecule has 0 heterocycles. The zero-order chi connectivity index (χ0) is 13.2. The van der Waals surface area contributed by atoms with Crippen LogP contribution in [0.25, 0.3) is 0 Å². The van der Waals surface area contributed by atoms with Crippen molar-refractivity contribution in [2.75, 3.05) is 13.7 Å². The van der Waals surface area contributed by atoms with Crippen molar-refractivity contribution in [3.63, 3.8) is 0 Å². The molecule has 0 saturated heterocycles. The smallest absolute Gasteiger partial charge is 0.118 e. The lowest BCUT2D eigenvalue weighted by Gasteiger charge is -2.37. The van der Waals surface area contributed by atoms with Crippen LogP contribution in [0.5, 0.6) is 5.75 Å². The largest absolute Gasteiger partial charge is 0.497 e. The third-order valence-electron chi connectivity index (χ3n) is 4.88. The summed E-state index contributed by atoms with van der Waals surface area (Å²) >= 11 is 0. The Balaban J connectivity index is 1.41. The van der Waals surface area contributed by atoms with Gasteiger partial charge in [0.15, 0.2) is 0 Å². The number of benzene rings is 1. The van der Waals surface area contributed by atoms with Crippen molar-refractivity contribution in [2.24, 2.45) is 11.8 Å². The van der Waals surface area contributed by atoms with Crippen LogP contribution in [0.1, 0.15) is 44.1 Å². The van der Waals surface area contributed by atoms with E-state index in [9.17, 15) is 0 Å². The minimum Gasteiger partial charge on any atom is -0.497 e.